The van der Waals surface area contributed by atoms with Crippen LogP contribution >= 0.6 is 15.9 Å². The number of ether oxygens (including phenoxy) is 1. The van der Waals surface area contributed by atoms with E-state index in [0.717, 1.165) is 31.9 Å². The van der Waals surface area contributed by atoms with Crippen LogP contribution in [0.25, 0.3) is 0 Å². The summed E-state index contributed by atoms with van der Waals surface area (Å²) in [6, 6.07) is 4.61. The van der Waals surface area contributed by atoms with Crippen molar-refractivity contribution in [2.24, 2.45) is 0 Å². The standard InChI is InChI=1S/C11H12BrF3N2O/c12-9-7-8(17-5-3-16-4-6-17)1-2-10(9)18-11(13,14)15/h1-2,7,16H,3-6H2. The van der Waals surface area contributed by atoms with E-state index in [0.29, 0.717) is 4.47 Å². The summed E-state index contributed by atoms with van der Waals surface area (Å²) in [6.45, 7) is 3.43. The van der Waals surface area contributed by atoms with Gasteiger partial charge in [-0.2, -0.15) is 0 Å². The lowest BCUT2D eigenvalue weighted by molar-refractivity contribution is -0.274. The number of piperazine rings is 1. The van der Waals surface area contributed by atoms with Gasteiger partial charge >= 0.3 is 6.36 Å². The molecular weight excluding hydrogens is 313 g/mol. The molecule has 1 N–H and O–H groups in total. The van der Waals surface area contributed by atoms with Gasteiger partial charge in [0.25, 0.3) is 0 Å². The fourth-order valence-corrected chi connectivity index (χ4v) is 2.26. The Bertz CT molecular complexity index is 419. The first kappa shape index (κ1) is 13.5. The van der Waals surface area contributed by atoms with E-state index in [4.69, 9.17) is 0 Å². The smallest absolute Gasteiger partial charge is 0.405 e. The molecule has 1 heterocycles. The van der Waals surface area contributed by atoms with Crippen LogP contribution in [-0.2, 0) is 0 Å². The zero-order chi connectivity index (χ0) is 13.2. The van der Waals surface area contributed by atoms with Gasteiger partial charge in [0, 0.05) is 31.9 Å². The number of anilines is 1. The molecule has 100 valence electrons. The maximum atomic E-state index is 12.1. The summed E-state index contributed by atoms with van der Waals surface area (Å²) >= 11 is 3.10. The first-order valence-electron chi connectivity index (χ1n) is 5.47. The lowest BCUT2D eigenvalue weighted by Gasteiger charge is -2.29. The van der Waals surface area contributed by atoms with E-state index in [1.165, 1.54) is 6.07 Å². The Labute approximate surface area is 111 Å². The summed E-state index contributed by atoms with van der Waals surface area (Å²) < 4.78 is 40.5. The third kappa shape index (κ3) is 3.52. The van der Waals surface area contributed by atoms with E-state index >= 15 is 0 Å². The molecule has 0 spiro atoms. The summed E-state index contributed by atoms with van der Waals surface area (Å²) in [6.07, 6.45) is -4.67. The number of halogens is 4. The van der Waals surface area contributed by atoms with E-state index < -0.39 is 6.36 Å². The number of rotatable bonds is 2. The zero-order valence-electron chi connectivity index (χ0n) is 9.43. The van der Waals surface area contributed by atoms with Crippen molar-refractivity contribution in [2.45, 2.75) is 6.36 Å². The molecule has 18 heavy (non-hydrogen) atoms. The minimum absolute atomic E-state index is 0.221. The van der Waals surface area contributed by atoms with Crippen LogP contribution in [0.2, 0.25) is 0 Å². The van der Waals surface area contributed by atoms with E-state index in [2.05, 4.69) is 30.9 Å². The molecule has 0 unspecified atom stereocenters. The van der Waals surface area contributed by atoms with E-state index in [9.17, 15) is 13.2 Å². The summed E-state index contributed by atoms with van der Waals surface area (Å²) in [5, 5.41) is 3.21. The molecular formula is C11H12BrF3N2O. The van der Waals surface area contributed by atoms with Gasteiger partial charge in [0.1, 0.15) is 5.75 Å². The van der Waals surface area contributed by atoms with Gasteiger partial charge in [-0.05, 0) is 34.1 Å². The average molecular weight is 325 g/mol. The maximum absolute atomic E-state index is 12.1. The van der Waals surface area contributed by atoms with Gasteiger partial charge in [-0.15, -0.1) is 13.2 Å². The van der Waals surface area contributed by atoms with Crippen molar-refractivity contribution in [1.82, 2.24) is 5.32 Å². The molecule has 0 aromatic heterocycles. The Morgan fingerprint density at radius 3 is 2.44 bits per heavy atom. The van der Waals surface area contributed by atoms with Gasteiger partial charge in [0.2, 0.25) is 0 Å². The minimum Gasteiger partial charge on any atom is -0.405 e. The largest absolute Gasteiger partial charge is 0.573 e. The molecule has 0 amide bonds. The summed E-state index contributed by atoms with van der Waals surface area (Å²) in [5.74, 6) is -0.221. The molecule has 1 aromatic rings. The molecule has 1 aromatic carbocycles. The molecule has 7 heteroatoms. The van der Waals surface area contributed by atoms with E-state index in [1.54, 1.807) is 12.1 Å². The Balaban J connectivity index is 2.13. The average Bonchev–Trinajstić information content (AvgIpc) is 2.31. The fraction of sp³-hybridized carbons (Fsp3) is 0.455. The Morgan fingerprint density at radius 2 is 1.89 bits per heavy atom. The molecule has 0 atom stereocenters. The van der Waals surface area contributed by atoms with Crippen molar-refractivity contribution in [3.63, 3.8) is 0 Å². The molecule has 1 saturated heterocycles. The van der Waals surface area contributed by atoms with Crippen LogP contribution < -0.4 is 15.0 Å². The van der Waals surface area contributed by atoms with E-state index in [-0.39, 0.29) is 5.75 Å². The number of hydrogen-bond acceptors (Lipinski definition) is 3. The number of hydrogen-bond donors (Lipinski definition) is 1. The molecule has 0 saturated carbocycles. The predicted octanol–water partition coefficient (Wildman–Crippen LogP) is 2.76. The first-order chi connectivity index (χ1) is 8.46. The van der Waals surface area contributed by atoms with E-state index in [1.807, 2.05) is 0 Å². The fourth-order valence-electron chi connectivity index (χ4n) is 1.82. The maximum Gasteiger partial charge on any atom is 0.573 e. The second kappa shape index (κ2) is 5.36. The Kier molecular flexibility index (Phi) is 4.01. The third-order valence-electron chi connectivity index (χ3n) is 2.62. The molecule has 0 aliphatic carbocycles. The number of nitrogens with zero attached hydrogens (tertiary/aromatic N) is 1. The first-order valence-corrected chi connectivity index (χ1v) is 6.26. The van der Waals surface area contributed by atoms with Crippen LogP contribution in [0, 0.1) is 0 Å². The number of benzene rings is 1. The minimum atomic E-state index is -4.67. The van der Waals surface area contributed by atoms with Gasteiger partial charge in [-0.3, -0.25) is 0 Å². The molecule has 2 rings (SSSR count). The van der Waals surface area contributed by atoms with Crippen molar-refractivity contribution in [3.8, 4) is 5.75 Å². The summed E-state index contributed by atoms with van der Waals surface area (Å²) in [5.41, 5.74) is 0.887. The lowest BCUT2D eigenvalue weighted by Crippen LogP contribution is -2.43. The van der Waals surface area contributed by atoms with Crippen LogP contribution in [0.15, 0.2) is 22.7 Å². The molecule has 1 aliphatic rings. The second-order valence-electron chi connectivity index (χ2n) is 3.90. The van der Waals surface area contributed by atoms with Gasteiger partial charge in [0.05, 0.1) is 4.47 Å². The SMILES string of the molecule is FC(F)(F)Oc1ccc(N2CCNCC2)cc1Br. The molecule has 1 aliphatic heterocycles. The van der Waals surface area contributed by atoms with Crippen molar-refractivity contribution >= 4 is 21.6 Å². The normalized spacial score (nSPS) is 16.8. The van der Waals surface area contributed by atoms with Crippen LogP contribution in [0.4, 0.5) is 18.9 Å². The van der Waals surface area contributed by atoms with Gasteiger partial charge in [0.15, 0.2) is 0 Å². The highest BCUT2D eigenvalue weighted by Gasteiger charge is 2.32. The highest BCUT2D eigenvalue weighted by Crippen LogP contribution is 2.33. The van der Waals surface area contributed by atoms with Crippen molar-refractivity contribution in [1.29, 1.82) is 0 Å². The Morgan fingerprint density at radius 1 is 1.22 bits per heavy atom. The van der Waals surface area contributed by atoms with Crippen LogP contribution in [0.3, 0.4) is 0 Å². The summed E-state index contributed by atoms with van der Waals surface area (Å²) in [4.78, 5) is 2.11. The zero-order valence-corrected chi connectivity index (χ0v) is 11.0. The molecule has 1 fully saturated rings. The summed E-state index contributed by atoms with van der Waals surface area (Å²) in [7, 11) is 0. The van der Waals surface area contributed by atoms with Crippen LogP contribution in [0.5, 0.6) is 5.75 Å². The van der Waals surface area contributed by atoms with Crippen LogP contribution in [-0.4, -0.2) is 32.5 Å². The highest BCUT2D eigenvalue weighted by molar-refractivity contribution is 9.10. The lowest BCUT2D eigenvalue weighted by atomic mass is 10.2. The van der Waals surface area contributed by atoms with Crippen molar-refractivity contribution < 1.29 is 17.9 Å². The molecule has 3 nitrogen and oxygen atoms in total. The monoisotopic (exact) mass is 324 g/mol. The number of nitrogens with one attached hydrogen (secondary N) is 1. The van der Waals surface area contributed by atoms with Crippen molar-refractivity contribution in [3.05, 3.63) is 22.7 Å². The second-order valence-corrected chi connectivity index (χ2v) is 4.75. The van der Waals surface area contributed by atoms with Gasteiger partial charge in [-0.1, -0.05) is 0 Å². The predicted molar refractivity (Wildman–Crippen MR) is 65.9 cm³/mol. The number of alkyl halides is 3. The molecule has 0 radical (unpaired) electrons. The topological polar surface area (TPSA) is 24.5 Å². The quantitative estimate of drug-likeness (QED) is 0.905. The van der Waals surface area contributed by atoms with Crippen molar-refractivity contribution in [2.75, 3.05) is 31.1 Å². The Hall–Kier alpha value is -0.950. The van der Waals surface area contributed by atoms with Crippen LogP contribution in [0.1, 0.15) is 0 Å². The molecule has 0 bridgehead atoms. The van der Waals surface area contributed by atoms with Gasteiger partial charge < -0.3 is 15.0 Å². The highest BCUT2D eigenvalue weighted by atomic mass is 79.9. The third-order valence-corrected chi connectivity index (χ3v) is 3.24. The van der Waals surface area contributed by atoms with Gasteiger partial charge in [-0.25, -0.2) is 0 Å².